The molecule has 1 saturated heterocycles. The fourth-order valence-electron chi connectivity index (χ4n) is 1.96. The normalized spacial score (nSPS) is 25.6. The third-order valence-electron chi connectivity index (χ3n) is 2.94. The van der Waals surface area contributed by atoms with E-state index in [1.54, 1.807) is 0 Å². The maximum absolute atomic E-state index is 8.71. The molecule has 0 amide bonds. The van der Waals surface area contributed by atoms with Crippen LogP contribution in [0, 0.1) is 11.3 Å². The third kappa shape index (κ3) is 2.97. The highest BCUT2D eigenvalue weighted by atomic mass is 16.5. The molecule has 2 atom stereocenters. The van der Waals surface area contributed by atoms with E-state index in [0.29, 0.717) is 18.6 Å². The molecular formula is C11H20N2O. The van der Waals surface area contributed by atoms with E-state index in [4.69, 9.17) is 10.00 Å². The summed E-state index contributed by atoms with van der Waals surface area (Å²) in [7, 11) is 0. The van der Waals surface area contributed by atoms with Crippen molar-refractivity contribution in [1.29, 1.82) is 5.26 Å². The Balaban J connectivity index is 2.45. The van der Waals surface area contributed by atoms with Crippen LogP contribution >= 0.6 is 0 Å². The van der Waals surface area contributed by atoms with Crippen molar-refractivity contribution in [2.45, 2.75) is 45.3 Å². The van der Waals surface area contributed by atoms with Gasteiger partial charge in [0.15, 0.2) is 0 Å². The Bertz CT molecular complexity index is 200. The molecule has 0 saturated carbocycles. The quantitative estimate of drug-likeness (QED) is 0.687. The molecule has 0 aromatic heterocycles. The molecule has 1 heterocycles. The molecule has 80 valence electrons. The fourth-order valence-corrected chi connectivity index (χ4v) is 1.96. The molecule has 1 aliphatic heterocycles. The largest absolute Gasteiger partial charge is 0.376 e. The van der Waals surface area contributed by atoms with Crippen molar-refractivity contribution in [3.63, 3.8) is 0 Å². The molecule has 0 aromatic carbocycles. The molecule has 1 aliphatic rings. The van der Waals surface area contributed by atoms with Crippen LogP contribution in [0.15, 0.2) is 0 Å². The van der Waals surface area contributed by atoms with Crippen LogP contribution in [0.1, 0.15) is 33.1 Å². The second-order valence-corrected chi connectivity index (χ2v) is 3.82. The van der Waals surface area contributed by atoms with Gasteiger partial charge >= 0.3 is 0 Å². The van der Waals surface area contributed by atoms with Crippen LogP contribution in [-0.4, -0.2) is 36.7 Å². The molecule has 1 rings (SSSR count). The molecule has 0 radical (unpaired) electrons. The van der Waals surface area contributed by atoms with Gasteiger partial charge in [-0.15, -0.1) is 0 Å². The second-order valence-electron chi connectivity index (χ2n) is 3.82. The fraction of sp³-hybridized carbons (Fsp3) is 0.909. The van der Waals surface area contributed by atoms with Gasteiger partial charge in [-0.3, -0.25) is 4.90 Å². The van der Waals surface area contributed by atoms with Gasteiger partial charge in [0.25, 0.3) is 0 Å². The minimum absolute atomic E-state index is 0.372. The van der Waals surface area contributed by atoms with Crippen molar-refractivity contribution in [3.05, 3.63) is 0 Å². The molecule has 0 aliphatic carbocycles. The van der Waals surface area contributed by atoms with E-state index < -0.39 is 0 Å². The van der Waals surface area contributed by atoms with Gasteiger partial charge in [-0.2, -0.15) is 5.26 Å². The summed E-state index contributed by atoms with van der Waals surface area (Å²) >= 11 is 0. The number of nitriles is 1. The van der Waals surface area contributed by atoms with Gasteiger partial charge in [0, 0.05) is 19.1 Å². The lowest BCUT2D eigenvalue weighted by atomic mass is 10.1. The van der Waals surface area contributed by atoms with Crippen LogP contribution in [0.25, 0.3) is 0 Å². The maximum atomic E-state index is 8.71. The summed E-state index contributed by atoms with van der Waals surface area (Å²) in [5, 5.41) is 8.71. The SMILES string of the molecule is CCC1CN(C(CC)CC#N)CCO1. The standard InChI is InChI=1S/C11H20N2O/c1-3-10(5-6-12)13-7-8-14-11(4-2)9-13/h10-11H,3-5,7-9H2,1-2H3. The molecule has 3 nitrogen and oxygen atoms in total. The summed E-state index contributed by atoms with van der Waals surface area (Å²) in [6.45, 7) is 7.10. The van der Waals surface area contributed by atoms with Crippen LogP contribution in [0.2, 0.25) is 0 Å². The van der Waals surface area contributed by atoms with Crippen molar-refractivity contribution >= 4 is 0 Å². The number of ether oxygens (including phenoxy) is 1. The first-order valence-electron chi connectivity index (χ1n) is 5.54. The van der Waals surface area contributed by atoms with Crippen LogP contribution in [0.3, 0.4) is 0 Å². The Labute approximate surface area is 86.6 Å². The first-order valence-corrected chi connectivity index (χ1v) is 5.54. The maximum Gasteiger partial charge on any atom is 0.0700 e. The number of hydrogen-bond acceptors (Lipinski definition) is 3. The molecular weight excluding hydrogens is 176 g/mol. The minimum Gasteiger partial charge on any atom is -0.376 e. The summed E-state index contributed by atoms with van der Waals surface area (Å²) in [4.78, 5) is 2.40. The summed E-state index contributed by atoms with van der Waals surface area (Å²) in [6.07, 6.45) is 3.15. The summed E-state index contributed by atoms with van der Waals surface area (Å²) in [5.41, 5.74) is 0. The van der Waals surface area contributed by atoms with E-state index in [1.807, 2.05) is 0 Å². The Morgan fingerprint density at radius 3 is 2.93 bits per heavy atom. The van der Waals surface area contributed by atoms with Gasteiger partial charge in [0.2, 0.25) is 0 Å². The van der Waals surface area contributed by atoms with E-state index in [1.165, 1.54) is 0 Å². The van der Waals surface area contributed by atoms with Crippen molar-refractivity contribution in [2.75, 3.05) is 19.7 Å². The molecule has 1 fully saturated rings. The Hall–Kier alpha value is -0.590. The van der Waals surface area contributed by atoms with Gasteiger partial charge in [-0.05, 0) is 12.8 Å². The lowest BCUT2D eigenvalue weighted by Gasteiger charge is -2.36. The van der Waals surface area contributed by atoms with E-state index in [2.05, 4.69) is 24.8 Å². The van der Waals surface area contributed by atoms with E-state index in [9.17, 15) is 0 Å². The van der Waals surface area contributed by atoms with Crippen molar-refractivity contribution < 1.29 is 4.74 Å². The molecule has 3 heteroatoms. The Kier molecular flexibility index (Phi) is 4.92. The monoisotopic (exact) mass is 196 g/mol. The van der Waals surface area contributed by atoms with E-state index in [0.717, 1.165) is 32.5 Å². The Morgan fingerprint density at radius 2 is 2.36 bits per heavy atom. The predicted molar refractivity (Wildman–Crippen MR) is 55.9 cm³/mol. The van der Waals surface area contributed by atoms with Gasteiger partial charge < -0.3 is 4.74 Å². The van der Waals surface area contributed by atoms with Crippen LogP contribution in [-0.2, 0) is 4.74 Å². The first kappa shape index (κ1) is 11.5. The smallest absolute Gasteiger partial charge is 0.0700 e. The van der Waals surface area contributed by atoms with Crippen molar-refractivity contribution in [3.8, 4) is 6.07 Å². The van der Waals surface area contributed by atoms with Crippen molar-refractivity contribution in [1.82, 2.24) is 4.90 Å². The zero-order chi connectivity index (χ0) is 10.4. The van der Waals surface area contributed by atoms with Gasteiger partial charge in [-0.1, -0.05) is 13.8 Å². The van der Waals surface area contributed by atoms with Gasteiger partial charge in [-0.25, -0.2) is 0 Å². The minimum atomic E-state index is 0.372. The average molecular weight is 196 g/mol. The van der Waals surface area contributed by atoms with Crippen LogP contribution in [0.5, 0.6) is 0 Å². The second kappa shape index (κ2) is 6.00. The van der Waals surface area contributed by atoms with Gasteiger partial charge in [0.05, 0.1) is 25.2 Å². The lowest BCUT2D eigenvalue weighted by molar-refractivity contribution is -0.0442. The lowest BCUT2D eigenvalue weighted by Crippen LogP contribution is -2.47. The molecule has 0 N–H and O–H groups in total. The topological polar surface area (TPSA) is 36.3 Å². The molecule has 2 unspecified atom stereocenters. The predicted octanol–water partition coefficient (Wildman–Crippen LogP) is 1.79. The highest BCUT2D eigenvalue weighted by Gasteiger charge is 2.24. The zero-order valence-electron chi connectivity index (χ0n) is 9.20. The molecule has 0 spiro atoms. The average Bonchev–Trinajstić information content (AvgIpc) is 2.26. The number of hydrogen-bond donors (Lipinski definition) is 0. The first-order chi connectivity index (χ1) is 6.81. The highest BCUT2D eigenvalue weighted by Crippen LogP contribution is 2.15. The summed E-state index contributed by atoms with van der Waals surface area (Å²) in [6, 6.07) is 2.70. The molecule has 14 heavy (non-hydrogen) atoms. The van der Waals surface area contributed by atoms with Crippen LogP contribution in [0.4, 0.5) is 0 Å². The van der Waals surface area contributed by atoms with Crippen molar-refractivity contribution in [2.24, 2.45) is 0 Å². The van der Waals surface area contributed by atoms with Crippen LogP contribution < -0.4 is 0 Å². The third-order valence-corrected chi connectivity index (χ3v) is 2.94. The van der Waals surface area contributed by atoms with E-state index in [-0.39, 0.29) is 0 Å². The number of nitrogens with zero attached hydrogens (tertiary/aromatic N) is 2. The van der Waals surface area contributed by atoms with Gasteiger partial charge in [0.1, 0.15) is 0 Å². The Morgan fingerprint density at radius 1 is 1.57 bits per heavy atom. The summed E-state index contributed by atoms with van der Waals surface area (Å²) in [5.74, 6) is 0. The molecule has 0 aromatic rings. The number of rotatable bonds is 4. The zero-order valence-corrected chi connectivity index (χ0v) is 9.20. The summed E-state index contributed by atoms with van der Waals surface area (Å²) < 4.78 is 5.61. The van der Waals surface area contributed by atoms with E-state index >= 15 is 0 Å². The highest BCUT2D eigenvalue weighted by molar-refractivity contribution is 4.84. The number of morpholine rings is 1. The molecule has 0 bridgehead atoms.